The Hall–Kier alpha value is -5.76. The molecule has 274 valence electrons. The number of anilines is 5. The zero-order valence-electron chi connectivity index (χ0n) is 28.0. The summed E-state index contributed by atoms with van der Waals surface area (Å²) in [6, 6.07) is 17.2. The second kappa shape index (κ2) is 20.2. The molecule has 52 heavy (non-hydrogen) atoms. The van der Waals surface area contributed by atoms with Crippen LogP contribution in [0, 0.1) is 0 Å². The normalized spacial score (nSPS) is 10.8. The van der Waals surface area contributed by atoms with Crippen molar-refractivity contribution >= 4 is 74.5 Å². The molecule has 2 aromatic heterocycles. The zero-order chi connectivity index (χ0) is 37.2. The summed E-state index contributed by atoms with van der Waals surface area (Å²) in [5, 5.41) is 10.9. The van der Waals surface area contributed by atoms with E-state index >= 15 is 0 Å². The first-order valence-electron chi connectivity index (χ1n) is 15.7. The van der Waals surface area contributed by atoms with Gasteiger partial charge in [-0.3, -0.25) is 39.8 Å². The van der Waals surface area contributed by atoms with Gasteiger partial charge in [0.05, 0.1) is 29.9 Å². The van der Waals surface area contributed by atoms with Crippen molar-refractivity contribution in [3.8, 4) is 0 Å². The van der Waals surface area contributed by atoms with Gasteiger partial charge in [-0.2, -0.15) is 16.3 Å². The molecule has 0 saturated carbocycles. The van der Waals surface area contributed by atoms with E-state index in [4.69, 9.17) is 4.84 Å². The summed E-state index contributed by atoms with van der Waals surface area (Å²) in [6.07, 6.45) is 8.08. The van der Waals surface area contributed by atoms with Crippen molar-refractivity contribution in [2.45, 2.75) is 13.2 Å². The average Bonchev–Trinajstić information content (AvgIpc) is 3.11. The molecular formula is C33H39N10O7S2+. The third-order valence-electron chi connectivity index (χ3n) is 6.63. The molecule has 0 aliphatic carbocycles. The smallest absolute Gasteiger partial charge is 0.323 e. The number of hydrogen-bond acceptors (Lipinski definition) is 11. The number of amides is 5. The number of rotatable bonds is 20. The lowest BCUT2D eigenvalue weighted by atomic mass is 10.2. The van der Waals surface area contributed by atoms with Crippen molar-refractivity contribution < 1.29 is 37.0 Å². The van der Waals surface area contributed by atoms with Crippen molar-refractivity contribution in [2.24, 2.45) is 0 Å². The van der Waals surface area contributed by atoms with Gasteiger partial charge in [-0.25, -0.2) is 18.7 Å². The number of pyridine rings is 2. The van der Waals surface area contributed by atoms with Gasteiger partial charge in [0, 0.05) is 54.4 Å². The van der Waals surface area contributed by atoms with Gasteiger partial charge in [0.2, 0.25) is 23.0 Å². The van der Waals surface area contributed by atoms with Gasteiger partial charge in [0.25, 0.3) is 11.8 Å². The van der Waals surface area contributed by atoms with Crippen LogP contribution in [0.4, 0.5) is 33.2 Å². The predicted octanol–water partition coefficient (Wildman–Crippen LogP) is 2.28. The van der Waals surface area contributed by atoms with Crippen LogP contribution in [0.25, 0.3) is 0 Å². The molecule has 0 saturated heterocycles. The Morgan fingerprint density at radius 3 is 2.48 bits per heavy atom. The molecule has 2 heterocycles. The third kappa shape index (κ3) is 14.2. The fraction of sp³-hybridized carbons (Fsp3) is 0.212. The highest BCUT2D eigenvalue weighted by Crippen LogP contribution is 2.27. The van der Waals surface area contributed by atoms with E-state index in [9.17, 15) is 27.6 Å². The Morgan fingerprint density at radius 1 is 0.904 bits per heavy atom. The molecule has 0 atom stereocenters. The Morgan fingerprint density at radius 2 is 1.71 bits per heavy atom. The second-order valence-electron chi connectivity index (χ2n) is 10.9. The molecule has 4 rings (SSSR count). The van der Waals surface area contributed by atoms with Crippen LogP contribution in [0.1, 0.15) is 15.9 Å². The SMILES string of the molecule is CS(=O)(=O)Nc1cc(NNC=O)ccc1NC(=O)Nc1cccc(NC(=O)C[n+]2cccc(C(=O)NCCSCCNOCc3cccnc3)c2)c1. The number of carbonyl (C=O) groups excluding carboxylic acids is 4. The number of hydroxylamine groups is 1. The highest BCUT2D eigenvalue weighted by molar-refractivity contribution is 7.99. The van der Waals surface area contributed by atoms with Crippen molar-refractivity contribution in [3.63, 3.8) is 0 Å². The van der Waals surface area contributed by atoms with Gasteiger partial charge in [-0.05, 0) is 54.1 Å². The van der Waals surface area contributed by atoms with Crippen molar-refractivity contribution in [1.29, 1.82) is 0 Å². The van der Waals surface area contributed by atoms with Gasteiger partial charge in [0.15, 0.2) is 12.4 Å². The minimum absolute atomic E-state index is 0.0536. The first kappa shape index (κ1) is 39.0. The summed E-state index contributed by atoms with van der Waals surface area (Å²) >= 11 is 1.67. The molecule has 5 amide bonds. The van der Waals surface area contributed by atoms with E-state index in [1.807, 2.05) is 12.1 Å². The lowest BCUT2D eigenvalue weighted by Gasteiger charge is -2.15. The number of hydrazine groups is 1. The number of sulfonamides is 1. The molecule has 0 fully saturated rings. The number of urea groups is 1. The van der Waals surface area contributed by atoms with Gasteiger partial charge >= 0.3 is 6.03 Å². The Bertz CT molecular complexity index is 1940. The summed E-state index contributed by atoms with van der Waals surface area (Å²) in [6.45, 7) is 1.48. The van der Waals surface area contributed by atoms with E-state index in [-0.39, 0.29) is 29.7 Å². The Kier molecular flexibility index (Phi) is 15.1. The molecule has 0 unspecified atom stereocenters. The number of nitrogens with zero attached hydrogens (tertiary/aromatic N) is 2. The topological polar surface area (TPSA) is 225 Å². The molecule has 4 aromatic rings. The zero-order valence-corrected chi connectivity index (χ0v) is 29.7. The van der Waals surface area contributed by atoms with E-state index in [0.29, 0.717) is 54.5 Å². The van der Waals surface area contributed by atoms with E-state index in [1.54, 1.807) is 77.5 Å². The fourth-order valence-corrected chi connectivity index (χ4v) is 5.70. The van der Waals surface area contributed by atoms with Gasteiger partial charge < -0.3 is 21.3 Å². The molecular weight excluding hydrogens is 713 g/mol. The number of benzene rings is 2. The van der Waals surface area contributed by atoms with E-state index in [2.05, 4.69) is 47.3 Å². The minimum atomic E-state index is -3.70. The fourth-order valence-electron chi connectivity index (χ4n) is 4.45. The van der Waals surface area contributed by atoms with Crippen LogP contribution < -0.4 is 46.9 Å². The highest BCUT2D eigenvalue weighted by Gasteiger charge is 2.15. The Balaban J connectivity index is 1.20. The largest absolute Gasteiger partial charge is 0.351 e. The first-order chi connectivity index (χ1) is 25.1. The van der Waals surface area contributed by atoms with Gasteiger partial charge in [-0.15, -0.1) is 0 Å². The summed E-state index contributed by atoms with van der Waals surface area (Å²) in [4.78, 5) is 58.4. The van der Waals surface area contributed by atoms with Crippen molar-refractivity contribution in [3.05, 3.63) is 103 Å². The van der Waals surface area contributed by atoms with Gasteiger partial charge in [0.1, 0.15) is 5.56 Å². The van der Waals surface area contributed by atoms with Crippen LogP contribution in [0.15, 0.2) is 91.5 Å². The maximum atomic E-state index is 12.9. The van der Waals surface area contributed by atoms with Crippen LogP contribution in [0.5, 0.6) is 0 Å². The lowest BCUT2D eigenvalue weighted by molar-refractivity contribution is -0.684. The van der Waals surface area contributed by atoms with Crippen LogP contribution in [-0.2, 0) is 37.6 Å². The van der Waals surface area contributed by atoms with Crippen molar-refractivity contribution in [2.75, 3.05) is 56.9 Å². The molecule has 2 aromatic carbocycles. The average molecular weight is 752 g/mol. The van der Waals surface area contributed by atoms with Crippen LogP contribution >= 0.6 is 11.8 Å². The number of carbonyl (C=O) groups is 4. The van der Waals surface area contributed by atoms with Crippen LogP contribution in [-0.4, -0.2) is 68.5 Å². The van der Waals surface area contributed by atoms with E-state index in [0.717, 1.165) is 17.6 Å². The molecule has 0 spiro atoms. The van der Waals surface area contributed by atoms with Crippen molar-refractivity contribution in [1.82, 2.24) is 21.2 Å². The number of aromatic nitrogens is 2. The maximum absolute atomic E-state index is 12.9. The third-order valence-corrected chi connectivity index (χ3v) is 8.21. The predicted molar refractivity (Wildman–Crippen MR) is 199 cm³/mol. The molecule has 8 N–H and O–H groups in total. The molecule has 0 radical (unpaired) electrons. The quantitative estimate of drug-likeness (QED) is 0.0283. The van der Waals surface area contributed by atoms with E-state index in [1.165, 1.54) is 18.2 Å². The first-order valence-corrected chi connectivity index (χ1v) is 18.8. The lowest BCUT2D eigenvalue weighted by Crippen LogP contribution is -2.41. The molecule has 17 nitrogen and oxygen atoms in total. The maximum Gasteiger partial charge on any atom is 0.323 e. The minimum Gasteiger partial charge on any atom is -0.351 e. The molecule has 0 bridgehead atoms. The second-order valence-corrected chi connectivity index (χ2v) is 13.9. The monoisotopic (exact) mass is 751 g/mol. The summed E-state index contributed by atoms with van der Waals surface area (Å²) in [5.74, 6) is 0.894. The highest BCUT2D eigenvalue weighted by atomic mass is 32.2. The molecule has 0 aliphatic rings. The van der Waals surface area contributed by atoms with Gasteiger partial charge in [-0.1, -0.05) is 12.1 Å². The van der Waals surface area contributed by atoms with Crippen LogP contribution in [0.3, 0.4) is 0 Å². The molecule has 0 aliphatic heterocycles. The number of nitrogens with one attached hydrogen (secondary N) is 8. The summed E-state index contributed by atoms with van der Waals surface area (Å²) in [5.41, 5.74) is 10.4. The van der Waals surface area contributed by atoms with Crippen LogP contribution in [0.2, 0.25) is 0 Å². The molecule has 19 heteroatoms. The number of hydrogen-bond donors (Lipinski definition) is 8. The number of thioether (sulfide) groups is 1. The summed E-state index contributed by atoms with van der Waals surface area (Å²) in [7, 11) is -3.70. The Labute approximate surface area is 304 Å². The van der Waals surface area contributed by atoms with E-state index < -0.39 is 16.1 Å². The summed E-state index contributed by atoms with van der Waals surface area (Å²) < 4.78 is 27.6. The standard InChI is InChI=1S/C33H38N10O7S2/c1-52(48,49)42-30-18-28(41-36-23-44)9-10-29(30)40-33(47)39-27-8-2-7-26(17-27)38-31(45)21-43-14-4-6-25(20-43)32(46)35-12-15-51-16-13-37-50-22-24-5-3-11-34-19-24/h2-11,14,17-20,23,37,41-42H,12-13,15-16,21-22H2,1H3,(H4-,35,36,38,39,40,44,45,46,47)/p+1.